The van der Waals surface area contributed by atoms with Crippen LogP contribution >= 0.6 is 11.8 Å². The van der Waals surface area contributed by atoms with Gasteiger partial charge >= 0.3 is 5.97 Å². The van der Waals surface area contributed by atoms with Crippen LogP contribution in [-0.4, -0.2) is 76.0 Å². The number of hydrogen-bond donors (Lipinski definition) is 7. The highest BCUT2D eigenvalue weighted by Crippen LogP contribution is 2.12. The number of aliphatic carboxylic acids is 1. The van der Waals surface area contributed by atoms with E-state index in [0.717, 1.165) is 0 Å². The van der Waals surface area contributed by atoms with Crippen molar-refractivity contribution in [1.29, 1.82) is 0 Å². The number of nitrogens with one attached hydrogen (secondary N) is 3. The van der Waals surface area contributed by atoms with Crippen LogP contribution in [0.4, 0.5) is 0 Å². The minimum atomic E-state index is -1.25. The smallest absolute Gasteiger partial charge is 0.326 e. The van der Waals surface area contributed by atoms with Gasteiger partial charge in [-0.2, -0.15) is 11.8 Å². The van der Waals surface area contributed by atoms with Gasteiger partial charge in [0.2, 0.25) is 23.6 Å². The Bertz CT molecular complexity index is 958. The van der Waals surface area contributed by atoms with Gasteiger partial charge in [0.25, 0.3) is 0 Å². The number of benzene rings is 1. The lowest BCUT2D eigenvalue weighted by Gasteiger charge is -2.25. The summed E-state index contributed by atoms with van der Waals surface area (Å²) in [4.78, 5) is 61.8. The summed E-state index contributed by atoms with van der Waals surface area (Å²) in [7, 11) is 0. The minimum absolute atomic E-state index is 0.0213. The predicted octanol–water partition coefficient (Wildman–Crippen LogP) is -0.134. The molecular weight excluding hydrogens is 514 g/mol. The maximum atomic E-state index is 13.1. The molecule has 0 aliphatic heterocycles. The average molecular weight is 554 g/mol. The molecule has 1 aromatic carbocycles. The van der Waals surface area contributed by atoms with Crippen molar-refractivity contribution in [3.63, 3.8) is 0 Å². The molecule has 212 valence electrons. The zero-order chi connectivity index (χ0) is 28.8. The molecule has 1 aromatic rings. The number of rotatable bonds is 17. The number of aromatic hydroxyl groups is 1. The molecule has 0 aliphatic carbocycles. The number of primary amides is 1. The molecule has 0 heterocycles. The first kappa shape index (κ1) is 32.7. The van der Waals surface area contributed by atoms with Gasteiger partial charge in [0.05, 0.1) is 6.04 Å². The van der Waals surface area contributed by atoms with E-state index in [2.05, 4.69) is 16.0 Å². The first-order valence-electron chi connectivity index (χ1n) is 12.3. The van der Waals surface area contributed by atoms with Gasteiger partial charge in [-0.15, -0.1) is 0 Å². The van der Waals surface area contributed by atoms with Gasteiger partial charge in [-0.05, 0) is 61.3 Å². The van der Waals surface area contributed by atoms with Gasteiger partial charge in [-0.1, -0.05) is 26.0 Å². The minimum Gasteiger partial charge on any atom is -0.508 e. The van der Waals surface area contributed by atoms with Crippen LogP contribution in [-0.2, 0) is 30.4 Å². The van der Waals surface area contributed by atoms with E-state index in [-0.39, 0.29) is 43.8 Å². The van der Waals surface area contributed by atoms with Crippen LogP contribution in [0.2, 0.25) is 0 Å². The second-order valence-corrected chi connectivity index (χ2v) is 10.4. The normalized spacial score (nSPS) is 14.1. The third-order valence-corrected chi connectivity index (χ3v) is 6.25. The Labute approximate surface area is 226 Å². The van der Waals surface area contributed by atoms with Gasteiger partial charge in [0.1, 0.15) is 23.9 Å². The number of phenolic OH excluding ortho intramolecular Hbond substituents is 1. The topological polar surface area (TPSA) is 214 Å². The Kier molecular flexibility index (Phi) is 14.2. The van der Waals surface area contributed by atoms with Crippen molar-refractivity contribution in [3.05, 3.63) is 29.8 Å². The van der Waals surface area contributed by atoms with Crippen LogP contribution in [0.1, 0.15) is 45.1 Å². The molecule has 0 spiro atoms. The fourth-order valence-electron chi connectivity index (χ4n) is 3.55. The molecule has 13 heteroatoms. The number of carbonyl (C=O) groups excluding carboxylic acids is 4. The van der Waals surface area contributed by atoms with Crippen LogP contribution < -0.4 is 27.4 Å². The number of carboxylic acid groups (broad SMARTS) is 1. The van der Waals surface area contributed by atoms with Crippen molar-refractivity contribution < 1.29 is 34.2 Å². The summed E-state index contributed by atoms with van der Waals surface area (Å²) >= 11 is 1.45. The Balaban J connectivity index is 2.98. The molecule has 0 aliphatic rings. The van der Waals surface area contributed by atoms with Crippen molar-refractivity contribution >= 4 is 41.4 Å². The quantitative estimate of drug-likeness (QED) is 0.137. The SMILES string of the molecule is CSCCC(NC(=O)C(N)Cc1ccc(O)cc1)C(=O)NC(CCC(N)=O)C(=O)NC(CC(C)C)C(=O)O. The molecular formula is C25H39N5O7S. The van der Waals surface area contributed by atoms with Crippen molar-refractivity contribution in [2.24, 2.45) is 17.4 Å². The predicted molar refractivity (Wildman–Crippen MR) is 144 cm³/mol. The third-order valence-electron chi connectivity index (χ3n) is 5.61. The lowest BCUT2D eigenvalue weighted by Crippen LogP contribution is -2.57. The summed E-state index contributed by atoms with van der Waals surface area (Å²) in [5.41, 5.74) is 12.0. The summed E-state index contributed by atoms with van der Waals surface area (Å²) in [6.07, 6.45) is 2.03. The largest absolute Gasteiger partial charge is 0.508 e. The summed E-state index contributed by atoms with van der Waals surface area (Å²) in [5, 5.41) is 26.4. The zero-order valence-corrected chi connectivity index (χ0v) is 22.8. The highest BCUT2D eigenvalue weighted by atomic mass is 32.2. The number of amides is 4. The number of nitrogens with two attached hydrogens (primary N) is 2. The van der Waals surface area contributed by atoms with Gasteiger partial charge in [-0.25, -0.2) is 4.79 Å². The van der Waals surface area contributed by atoms with E-state index in [0.29, 0.717) is 11.3 Å². The summed E-state index contributed by atoms with van der Waals surface area (Å²) < 4.78 is 0. The lowest BCUT2D eigenvalue weighted by molar-refractivity contribution is -0.143. The van der Waals surface area contributed by atoms with Crippen molar-refractivity contribution in [1.82, 2.24) is 16.0 Å². The molecule has 4 unspecified atom stereocenters. The van der Waals surface area contributed by atoms with E-state index in [1.165, 1.54) is 23.9 Å². The van der Waals surface area contributed by atoms with Crippen molar-refractivity contribution in [2.45, 2.75) is 70.1 Å². The molecule has 0 radical (unpaired) electrons. The molecule has 0 saturated carbocycles. The molecule has 0 saturated heterocycles. The fraction of sp³-hybridized carbons (Fsp3) is 0.560. The maximum absolute atomic E-state index is 13.1. The molecule has 1 rings (SSSR count). The number of phenols is 1. The standard InChI is InChI=1S/C25H39N5O7S/c1-14(2)12-20(25(36)37)30-23(34)18(8-9-21(27)32)29-24(35)19(10-11-38-3)28-22(33)17(26)13-15-4-6-16(31)7-5-15/h4-7,14,17-20,31H,8-13,26H2,1-3H3,(H2,27,32)(H,28,33)(H,29,35)(H,30,34)(H,36,37). The van der Waals surface area contributed by atoms with Gasteiger partial charge < -0.3 is 37.6 Å². The highest BCUT2D eigenvalue weighted by Gasteiger charge is 2.30. The average Bonchev–Trinajstić information content (AvgIpc) is 2.84. The van der Waals surface area contributed by atoms with E-state index in [1.807, 2.05) is 6.26 Å². The number of carbonyl (C=O) groups is 5. The van der Waals surface area contributed by atoms with Gasteiger partial charge in [0.15, 0.2) is 0 Å². The maximum Gasteiger partial charge on any atom is 0.326 e. The van der Waals surface area contributed by atoms with E-state index >= 15 is 0 Å². The second-order valence-electron chi connectivity index (χ2n) is 9.41. The Morgan fingerprint density at radius 2 is 1.42 bits per heavy atom. The van der Waals surface area contributed by atoms with E-state index in [1.54, 1.807) is 26.0 Å². The molecule has 4 atom stereocenters. The first-order chi connectivity index (χ1) is 17.8. The molecule has 4 amide bonds. The second kappa shape index (κ2) is 16.5. The van der Waals surface area contributed by atoms with Crippen LogP contribution in [0.3, 0.4) is 0 Å². The van der Waals surface area contributed by atoms with E-state index in [9.17, 15) is 34.2 Å². The monoisotopic (exact) mass is 553 g/mol. The van der Waals surface area contributed by atoms with Crippen LogP contribution in [0.15, 0.2) is 24.3 Å². The molecule has 0 aromatic heterocycles. The number of thioether (sulfide) groups is 1. The molecule has 0 fully saturated rings. The Morgan fingerprint density at radius 3 is 1.92 bits per heavy atom. The number of hydrogen-bond acceptors (Lipinski definition) is 8. The van der Waals surface area contributed by atoms with Crippen LogP contribution in [0.25, 0.3) is 0 Å². The summed E-state index contributed by atoms with van der Waals surface area (Å²) in [5.74, 6) is -3.38. The Morgan fingerprint density at radius 1 is 0.895 bits per heavy atom. The van der Waals surface area contributed by atoms with E-state index < -0.39 is 53.8 Å². The van der Waals surface area contributed by atoms with Crippen LogP contribution in [0, 0.1) is 5.92 Å². The van der Waals surface area contributed by atoms with Gasteiger partial charge in [-0.3, -0.25) is 19.2 Å². The molecule has 12 nitrogen and oxygen atoms in total. The molecule has 0 bridgehead atoms. The van der Waals surface area contributed by atoms with Crippen molar-refractivity contribution in [2.75, 3.05) is 12.0 Å². The molecule has 38 heavy (non-hydrogen) atoms. The van der Waals surface area contributed by atoms with Gasteiger partial charge in [0, 0.05) is 6.42 Å². The summed E-state index contributed by atoms with van der Waals surface area (Å²) in [6, 6.07) is 1.77. The van der Waals surface area contributed by atoms with Crippen LogP contribution in [0.5, 0.6) is 5.75 Å². The Hall–Kier alpha value is -3.32. The fourth-order valence-corrected chi connectivity index (χ4v) is 4.03. The lowest BCUT2D eigenvalue weighted by atomic mass is 10.0. The summed E-state index contributed by atoms with van der Waals surface area (Å²) in [6.45, 7) is 3.61. The third kappa shape index (κ3) is 12.3. The number of carboxylic acids is 1. The van der Waals surface area contributed by atoms with Crippen molar-refractivity contribution in [3.8, 4) is 5.75 Å². The zero-order valence-electron chi connectivity index (χ0n) is 21.9. The first-order valence-corrected chi connectivity index (χ1v) is 13.7. The highest BCUT2D eigenvalue weighted by molar-refractivity contribution is 7.98. The molecule has 9 N–H and O–H groups in total. The van der Waals surface area contributed by atoms with E-state index in [4.69, 9.17) is 11.5 Å².